The minimum Gasteiger partial charge on any atom is -0.508 e. The molecule has 2 atom stereocenters. The molecule has 0 radical (unpaired) electrons. The SMILES string of the molecule is Cc1cc(O)ccc1NC(=O)c1c(-c2ccccc2)c(-c2ccc(F)cc2)n(CC[C@@H](O)C[C@@H](O)CC(=O)O)c1C(C)C. The van der Waals surface area contributed by atoms with Crippen LogP contribution in [0, 0.1) is 12.7 Å². The molecule has 0 saturated carbocycles. The Bertz CT molecular complexity index is 1580. The number of carboxylic acids is 1. The van der Waals surface area contributed by atoms with E-state index >= 15 is 0 Å². The Morgan fingerprint density at radius 1 is 0.930 bits per heavy atom. The second kappa shape index (κ2) is 13.7. The van der Waals surface area contributed by atoms with E-state index in [-0.39, 0.29) is 37.0 Å². The van der Waals surface area contributed by atoms with Crippen LogP contribution in [0.25, 0.3) is 22.4 Å². The van der Waals surface area contributed by atoms with E-state index in [1.807, 2.05) is 48.7 Å². The third-order valence-corrected chi connectivity index (χ3v) is 7.36. The molecule has 4 rings (SSSR count). The zero-order valence-corrected chi connectivity index (χ0v) is 24.4. The molecule has 5 N–H and O–H groups in total. The first-order valence-corrected chi connectivity index (χ1v) is 14.2. The number of halogens is 1. The van der Waals surface area contributed by atoms with Crippen LogP contribution in [0.3, 0.4) is 0 Å². The van der Waals surface area contributed by atoms with E-state index in [2.05, 4.69) is 5.32 Å². The third-order valence-electron chi connectivity index (χ3n) is 7.36. The van der Waals surface area contributed by atoms with Crippen LogP contribution in [0.15, 0.2) is 72.8 Å². The molecule has 0 aliphatic heterocycles. The summed E-state index contributed by atoms with van der Waals surface area (Å²) in [6.45, 7) is 5.95. The molecule has 1 heterocycles. The second-order valence-electron chi connectivity index (χ2n) is 11.0. The number of nitrogens with one attached hydrogen (secondary N) is 1. The molecule has 0 fully saturated rings. The van der Waals surface area contributed by atoms with Gasteiger partial charge in [0.2, 0.25) is 0 Å². The van der Waals surface area contributed by atoms with E-state index in [4.69, 9.17) is 5.11 Å². The first kappa shape index (κ1) is 31.5. The predicted octanol–water partition coefficient (Wildman–Crippen LogP) is 6.33. The molecule has 8 nitrogen and oxygen atoms in total. The zero-order valence-electron chi connectivity index (χ0n) is 24.4. The van der Waals surface area contributed by atoms with Gasteiger partial charge in [0.15, 0.2) is 0 Å². The smallest absolute Gasteiger partial charge is 0.305 e. The lowest BCUT2D eigenvalue weighted by Crippen LogP contribution is -2.22. The molecule has 0 bridgehead atoms. The fourth-order valence-electron chi connectivity index (χ4n) is 5.46. The van der Waals surface area contributed by atoms with Crippen molar-refractivity contribution in [2.75, 3.05) is 5.32 Å². The molecular formula is C34H37FN2O6. The molecule has 0 spiro atoms. The molecule has 9 heteroatoms. The van der Waals surface area contributed by atoms with Crippen molar-refractivity contribution in [1.82, 2.24) is 4.57 Å². The van der Waals surface area contributed by atoms with Crippen molar-refractivity contribution in [1.29, 1.82) is 0 Å². The standard InChI is InChI=1S/C34H37FN2O6/c1-20(2)32-31(34(43)36-28-14-13-25(38)17-21(28)3)30(22-7-5-4-6-8-22)33(23-9-11-24(35)12-10-23)37(32)16-15-26(39)18-27(40)19-29(41)42/h4-14,17,20,26-27,38-40H,15-16,18-19H2,1-3H3,(H,36,43)(H,41,42)/t26-,27-/m1/s1. The fraction of sp³-hybridized carbons (Fsp3) is 0.294. The number of phenolic OH excluding ortho intramolecular Hbond substituents is 1. The normalized spacial score (nSPS) is 12.7. The minimum atomic E-state index is -1.20. The summed E-state index contributed by atoms with van der Waals surface area (Å²) in [5.41, 5.74) is 5.09. The number of aromatic nitrogens is 1. The summed E-state index contributed by atoms with van der Waals surface area (Å²) in [6.07, 6.45) is -2.62. The second-order valence-corrected chi connectivity index (χ2v) is 11.0. The van der Waals surface area contributed by atoms with Crippen LogP contribution in [-0.4, -0.2) is 49.1 Å². The highest BCUT2D eigenvalue weighted by molar-refractivity contribution is 6.12. The van der Waals surface area contributed by atoms with E-state index < -0.39 is 30.4 Å². The van der Waals surface area contributed by atoms with Crippen LogP contribution >= 0.6 is 0 Å². The van der Waals surface area contributed by atoms with Gasteiger partial charge in [-0.3, -0.25) is 9.59 Å². The van der Waals surface area contributed by atoms with Crippen molar-refractivity contribution < 1.29 is 34.4 Å². The van der Waals surface area contributed by atoms with Gasteiger partial charge in [0.25, 0.3) is 5.91 Å². The lowest BCUT2D eigenvalue weighted by Gasteiger charge is -2.20. The number of aliphatic hydroxyl groups is 2. The molecule has 0 aliphatic rings. The van der Waals surface area contributed by atoms with Gasteiger partial charge in [-0.1, -0.05) is 44.2 Å². The number of anilines is 1. The Kier molecular flexibility index (Phi) is 10.0. The summed E-state index contributed by atoms with van der Waals surface area (Å²) in [5, 5.41) is 42.7. The highest BCUT2D eigenvalue weighted by Gasteiger charge is 2.31. The zero-order chi connectivity index (χ0) is 31.3. The van der Waals surface area contributed by atoms with Gasteiger partial charge in [-0.15, -0.1) is 0 Å². The van der Waals surface area contributed by atoms with Crippen molar-refractivity contribution in [3.63, 3.8) is 0 Å². The predicted molar refractivity (Wildman–Crippen MR) is 164 cm³/mol. The summed E-state index contributed by atoms with van der Waals surface area (Å²) < 4.78 is 16.0. The van der Waals surface area contributed by atoms with Gasteiger partial charge in [0, 0.05) is 23.5 Å². The summed E-state index contributed by atoms with van der Waals surface area (Å²) >= 11 is 0. The van der Waals surface area contributed by atoms with Crippen LogP contribution in [-0.2, 0) is 11.3 Å². The monoisotopic (exact) mass is 588 g/mol. The van der Waals surface area contributed by atoms with Crippen LogP contribution in [0.1, 0.15) is 60.6 Å². The highest BCUT2D eigenvalue weighted by Crippen LogP contribution is 2.43. The molecular weight excluding hydrogens is 551 g/mol. The lowest BCUT2D eigenvalue weighted by atomic mass is 9.94. The van der Waals surface area contributed by atoms with Crippen LogP contribution in [0.2, 0.25) is 0 Å². The Morgan fingerprint density at radius 3 is 2.21 bits per heavy atom. The maximum absolute atomic E-state index is 14.2. The molecule has 0 aliphatic carbocycles. The maximum atomic E-state index is 14.2. The van der Waals surface area contributed by atoms with Crippen molar-refractivity contribution in [3.05, 3.63) is 95.4 Å². The Hall–Kier alpha value is -4.47. The molecule has 226 valence electrons. The topological polar surface area (TPSA) is 132 Å². The van der Waals surface area contributed by atoms with Gasteiger partial charge < -0.3 is 30.3 Å². The van der Waals surface area contributed by atoms with Crippen LogP contribution in [0.5, 0.6) is 5.75 Å². The highest BCUT2D eigenvalue weighted by atomic mass is 19.1. The number of aromatic hydroxyl groups is 1. The molecule has 0 unspecified atom stereocenters. The third kappa shape index (κ3) is 7.49. The first-order chi connectivity index (χ1) is 20.5. The number of phenols is 1. The number of rotatable bonds is 12. The minimum absolute atomic E-state index is 0.0834. The number of carboxylic acid groups (broad SMARTS) is 1. The fourth-order valence-corrected chi connectivity index (χ4v) is 5.46. The summed E-state index contributed by atoms with van der Waals surface area (Å²) in [6, 6.07) is 20.1. The van der Waals surface area contributed by atoms with E-state index in [1.165, 1.54) is 18.2 Å². The van der Waals surface area contributed by atoms with Crippen LogP contribution in [0.4, 0.5) is 10.1 Å². The Balaban J connectivity index is 1.91. The number of hydrogen-bond acceptors (Lipinski definition) is 5. The number of benzene rings is 3. The lowest BCUT2D eigenvalue weighted by molar-refractivity contribution is -0.139. The molecule has 1 aromatic heterocycles. The van der Waals surface area contributed by atoms with Gasteiger partial charge in [0.05, 0.1) is 29.9 Å². The number of aliphatic carboxylic acids is 1. The molecule has 1 amide bonds. The summed E-state index contributed by atoms with van der Waals surface area (Å²) in [7, 11) is 0. The van der Waals surface area contributed by atoms with Crippen molar-refractivity contribution in [3.8, 4) is 28.1 Å². The maximum Gasteiger partial charge on any atom is 0.305 e. The largest absolute Gasteiger partial charge is 0.508 e. The van der Waals surface area contributed by atoms with Crippen molar-refractivity contribution >= 4 is 17.6 Å². The summed E-state index contributed by atoms with van der Waals surface area (Å²) in [4.78, 5) is 25.2. The van der Waals surface area contributed by atoms with Crippen LogP contribution < -0.4 is 5.32 Å². The number of amides is 1. The molecule has 4 aromatic rings. The van der Waals surface area contributed by atoms with Gasteiger partial charge in [-0.25, -0.2) is 4.39 Å². The van der Waals surface area contributed by atoms with E-state index in [1.54, 1.807) is 31.2 Å². The number of carbonyl (C=O) groups is 2. The van der Waals surface area contributed by atoms with E-state index in [9.17, 15) is 29.3 Å². The van der Waals surface area contributed by atoms with Gasteiger partial charge >= 0.3 is 5.97 Å². The quantitative estimate of drug-likeness (QED) is 0.123. The van der Waals surface area contributed by atoms with Gasteiger partial charge in [-0.2, -0.15) is 0 Å². The first-order valence-electron chi connectivity index (χ1n) is 14.2. The number of hydrogen-bond donors (Lipinski definition) is 5. The average Bonchev–Trinajstić information content (AvgIpc) is 3.29. The van der Waals surface area contributed by atoms with Crippen molar-refractivity contribution in [2.24, 2.45) is 0 Å². The molecule has 3 aromatic carbocycles. The number of aliphatic hydroxyl groups excluding tert-OH is 2. The van der Waals surface area contributed by atoms with Crippen molar-refractivity contribution in [2.45, 2.75) is 64.7 Å². The number of nitrogens with zero attached hydrogens (tertiary/aromatic N) is 1. The molecule has 0 saturated heterocycles. The number of aryl methyl sites for hydroxylation is 1. The Morgan fingerprint density at radius 2 is 1.60 bits per heavy atom. The van der Waals surface area contributed by atoms with Gasteiger partial charge in [0.1, 0.15) is 11.6 Å². The average molecular weight is 589 g/mol. The van der Waals surface area contributed by atoms with Gasteiger partial charge in [-0.05, 0) is 84.8 Å². The Labute approximate surface area is 250 Å². The molecule has 43 heavy (non-hydrogen) atoms. The summed E-state index contributed by atoms with van der Waals surface area (Å²) in [5.74, 6) is -2.00. The number of carbonyl (C=O) groups excluding carboxylic acids is 1. The van der Waals surface area contributed by atoms with E-state index in [0.29, 0.717) is 39.3 Å². The van der Waals surface area contributed by atoms with E-state index in [0.717, 1.165) is 5.56 Å².